The van der Waals surface area contributed by atoms with E-state index in [2.05, 4.69) is 25.3 Å². The number of carbonyl (C=O) groups is 1. The number of aromatic nitrogens is 2. The van der Waals surface area contributed by atoms with Gasteiger partial charge in [-0.3, -0.25) is 0 Å². The molecule has 0 aliphatic heterocycles. The van der Waals surface area contributed by atoms with Crippen LogP contribution in [0, 0.1) is 5.41 Å². The lowest BCUT2D eigenvalue weighted by atomic mass is 9.54. The van der Waals surface area contributed by atoms with E-state index in [4.69, 9.17) is 0 Å². The average molecular weight is 358 g/mol. The second kappa shape index (κ2) is 6.68. The second-order valence-electron chi connectivity index (χ2n) is 6.98. The molecule has 1 spiro atoms. The average Bonchev–Trinajstić information content (AvgIpc) is 2.46. The van der Waals surface area contributed by atoms with Crippen molar-refractivity contribution < 1.29 is 22.7 Å². The summed E-state index contributed by atoms with van der Waals surface area (Å²) < 4.78 is 41.1. The summed E-state index contributed by atoms with van der Waals surface area (Å²) in [6, 6.07) is 0.712. The third kappa shape index (κ3) is 4.52. The van der Waals surface area contributed by atoms with Gasteiger partial charge in [0.2, 0.25) is 5.88 Å². The van der Waals surface area contributed by atoms with E-state index >= 15 is 0 Å². The molecule has 9 heteroatoms. The highest BCUT2D eigenvalue weighted by atomic mass is 19.4. The largest absolute Gasteiger partial charge is 0.468 e. The minimum atomic E-state index is -4.44. The number of carbonyl (C=O) groups excluding carboxylic acids is 1. The number of halogens is 3. The third-order valence-corrected chi connectivity index (χ3v) is 4.95. The van der Waals surface area contributed by atoms with E-state index in [9.17, 15) is 18.0 Å². The molecule has 1 heterocycles. The second-order valence-corrected chi connectivity index (χ2v) is 6.98. The number of ether oxygens (including phenoxy) is 1. The number of nitrogens with one attached hydrogen (secondary N) is 2. The van der Waals surface area contributed by atoms with Gasteiger partial charge in [-0.25, -0.2) is 14.8 Å². The molecule has 2 N–H and O–H groups in total. The van der Waals surface area contributed by atoms with Crippen LogP contribution in [0.4, 0.5) is 18.0 Å². The molecule has 0 radical (unpaired) electrons. The van der Waals surface area contributed by atoms with Crippen LogP contribution in [-0.2, 0) is 0 Å². The molecule has 0 bridgehead atoms. The fraction of sp³-hybridized carbons (Fsp3) is 0.688. The molecule has 138 valence electrons. The van der Waals surface area contributed by atoms with E-state index in [0.717, 1.165) is 19.2 Å². The quantitative estimate of drug-likeness (QED) is 0.848. The maximum atomic E-state index is 12.2. The summed E-state index contributed by atoms with van der Waals surface area (Å²) in [5.74, 6) is -0.178. The molecule has 0 aromatic carbocycles. The minimum Gasteiger partial charge on any atom is -0.468 e. The van der Waals surface area contributed by atoms with Crippen LogP contribution in [0.2, 0.25) is 0 Å². The van der Waals surface area contributed by atoms with Crippen LogP contribution >= 0.6 is 0 Å². The first-order chi connectivity index (χ1) is 11.7. The predicted octanol–water partition coefficient (Wildman–Crippen LogP) is 3.11. The van der Waals surface area contributed by atoms with Gasteiger partial charge in [0.05, 0.1) is 11.7 Å². The summed E-state index contributed by atoms with van der Waals surface area (Å²) in [6.45, 7) is 0.277. The van der Waals surface area contributed by atoms with Gasteiger partial charge in [-0.05, 0) is 38.0 Å². The van der Waals surface area contributed by atoms with Gasteiger partial charge in [0.25, 0.3) is 0 Å². The summed E-state index contributed by atoms with van der Waals surface area (Å²) >= 11 is 0. The SMILES string of the molecule is CC(NC(=O)NC1CC2(CCC2)C1)c1cc(OCC(F)(F)F)ncn1. The molecular weight excluding hydrogens is 337 g/mol. The van der Waals surface area contributed by atoms with Crippen LogP contribution in [0.15, 0.2) is 12.4 Å². The lowest BCUT2D eigenvalue weighted by Crippen LogP contribution is -2.55. The Morgan fingerprint density at radius 2 is 2.12 bits per heavy atom. The smallest absolute Gasteiger partial charge is 0.422 e. The Bertz CT molecular complexity index is 626. The normalized spacial score (nSPS) is 20.3. The lowest BCUT2D eigenvalue weighted by Gasteiger charge is -2.54. The Morgan fingerprint density at radius 1 is 1.40 bits per heavy atom. The molecule has 2 aliphatic rings. The highest BCUT2D eigenvalue weighted by molar-refractivity contribution is 5.74. The fourth-order valence-corrected chi connectivity index (χ4v) is 3.50. The number of amides is 2. The summed E-state index contributed by atoms with van der Waals surface area (Å²) in [5.41, 5.74) is 0.854. The van der Waals surface area contributed by atoms with E-state index in [1.54, 1.807) is 6.92 Å². The van der Waals surface area contributed by atoms with Gasteiger partial charge in [-0.15, -0.1) is 0 Å². The van der Waals surface area contributed by atoms with Crippen LogP contribution < -0.4 is 15.4 Å². The van der Waals surface area contributed by atoms with Gasteiger partial charge in [0, 0.05) is 12.1 Å². The zero-order chi connectivity index (χ0) is 18.1. The Labute approximate surface area is 143 Å². The van der Waals surface area contributed by atoms with Crippen LogP contribution in [0.3, 0.4) is 0 Å². The summed E-state index contributed by atoms with van der Waals surface area (Å²) in [5, 5.41) is 5.67. The van der Waals surface area contributed by atoms with Crippen LogP contribution in [0.1, 0.15) is 50.8 Å². The Balaban J connectivity index is 1.47. The summed E-state index contributed by atoms with van der Waals surface area (Å²) in [6.07, 6.45) is 2.52. The van der Waals surface area contributed by atoms with Crippen molar-refractivity contribution in [1.82, 2.24) is 20.6 Å². The Morgan fingerprint density at radius 3 is 2.72 bits per heavy atom. The molecule has 2 fully saturated rings. The van der Waals surface area contributed by atoms with Crippen LogP contribution in [0.5, 0.6) is 5.88 Å². The van der Waals surface area contributed by atoms with Gasteiger partial charge >= 0.3 is 12.2 Å². The highest BCUT2D eigenvalue weighted by Crippen LogP contribution is 2.55. The molecule has 2 aliphatic carbocycles. The highest BCUT2D eigenvalue weighted by Gasteiger charge is 2.48. The molecule has 2 saturated carbocycles. The van der Waals surface area contributed by atoms with E-state index < -0.39 is 18.8 Å². The lowest BCUT2D eigenvalue weighted by molar-refractivity contribution is -0.154. The number of urea groups is 1. The van der Waals surface area contributed by atoms with Crippen LogP contribution in [0.25, 0.3) is 0 Å². The van der Waals surface area contributed by atoms with Crippen molar-refractivity contribution in [2.24, 2.45) is 5.41 Å². The number of nitrogens with zero attached hydrogens (tertiary/aromatic N) is 2. The van der Waals surface area contributed by atoms with E-state index in [1.165, 1.54) is 25.3 Å². The predicted molar refractivity (Wildman–Crippen MR) is 83.0 cm³/mol. The maximum absolute atomic E-state index is 12.2. The van der Waals surface area contributed by atoms with E-state index in [-0.39, 0.29) is 18.0 Å². The van der Waals surface area contributed by atoms with Gasteiger partial charge in [0.1, 0.15) is 6.33 Å². The van der Waals surface area contributed by atoms with E-state index in [1.807, 2.05) is 0 Å². The van der Waals surface area contributed by atoms with Gasteiger partial charge in [-0.2, -0.15) is 13.2 Å². The molecule has 1 unspecified atom stereocenters. The first kappa shape index (κ1) is 17.8. The first-order valence-electron chi connectivity index (χ1n) is 8.33. The molecule has 1 aromatic rings. The summed E-state index contributed by atoms with van der Waals surface area (Å²) in [7, 11) is 0. The number of alkyl halides is 3. The van der Waals surface area contributed by atoms with E-state index in [0.29, 0.717) is 11.1 Å². The summed E-state index contributed by atoms with van der Waals surface area (Å²) in [4.78, 5) is 19.7. The first-order valence-corrected chi connectivity index (χ1v) is 8.33. The number of hydrogen-bond donors (Lipinski definition) is 2. The Hall–Kier alpha value is -2.06. The van der Waals surface area contributed by atoms with Gasteiger partial charge in [-0.1, -0.05) is 6.42 Å². The molecule has 25 heavy (non-hydrogen) atoms. The van der Waals surface area contributed by atoms with Crippen molar-refractivity contribution in [2.45, 2.75) is 57.3 Å². The fourth-order valence-electron chi connectivity index (χ4n) is 3.50. The molecule has 2 amide bonds. The third-order valence-electron chi connectivity index (χ3n) is 4.95. The van der Waals surface area contributed by atoms with Crippen molar-refractivity contribution in [3.8, 4) is 5.88 Å². The molecule has 0 saturated heterocycles. The molecule has 1 atom stereocenters. The number of hydrogen-bond acceptors (Lipinski definition) is 4. The topological polar surface area (TPSA) is 76.1 Å². The zero-order valence-electron chi connectivity index (χ0n) is 13.9. The van der Waals surface area contributed by atoms with Crippen molar-refractivity contribution in [3.05, 3.63) is 18.1 Å². The molecule has 6 nitrogen and oxygen atoms in total. The Kier molecular flexibility index (Phi) is 4.75. The van der Waals surface area contributed by atoms with Crippen LogP contribution in [-0.4, -0.2) is 34.8 Å². The van der Waals surface area contributed by atoms with Gasteiger partial charge < -0.3 is 15.4 Å². The molecule has 3 rings (SSSR count). The van der Waals surface area contributed by atoms with Crippen molar-refractivity contribution in [3.63, 3.8) is 0 Å². The standard InChI is InChI=1S/C16H21F3N4O2/c1-10(12-5-13(21-9-20-12)25-8-16(17,18)19)22-14(24)23-11-6-15(7-11)3-2-4-15/h5,9-11H,2-4,6-8H2,1H3,(H2,22,23,24). The maximum Gasteiger partial charge on any atom is 0.422 e. The van der Waals surface area contributed by atoms with Crippen molar-refractivity contribution >= 4 is 6.03 Å². The van der Waals surface area contributed by atoms with Gasteiger partial charge in [0.15, 0.2) is 6.61 Å². The molecule has 1 aromatic heterocycles. The molecular formula is C16H21F3N4O2. The minimum absolute atomic E-state index is 0.178. The van der Waals surface area contributed by atoms with Crippen molar-refractivity contribution in [2.75, 3.05) is 6.61 Å². The number of rotatable bonds is 5. The zero-order valence-corrected chi connectivity index (χ0v) is 13.9. The van der Waals surface area contributed by atoms with Crippen molar-refractivity contribution in [1.29, 1.82) is 0 Å². The monoisotopic (exact) mass is 358 g/mol.